The molecule has 0 aromatic carbocycles. The van der Waals surface area contributed by atoms with Gasteiger partial charge in [0.2, 0.25) is 10.0 Å². The maximum absolute atomic E-state index is 13.8. The van der Waals surface area contributed by atoms with Gasteiger partial charge in [-0.2, -0.15) is 4.31 Å². The van der Waals surface area contributed by atoms with Crippen LogP contribution < -0.4 is 0 Å². The van der Waals surface area contributed by atoms with E-state index in [1.54, 1.807) is 6.92 Å². The van der Waals surface area contributed by atoms with E-state index < -0.39 is 27.7 Å². The lowest BCUT2D eigenvalue weighted by molar-refractivity contribution is 0.129. The Morgan fingerprint density at radius 1 is 1.19 bits per heavy atom. The number of hydrogen-bond acceptors (Lipinski definition) is 4. The molecule has 122 valence electrons. The molecular weight excluding hydrogens is 297 g/mol. The molecule has 0 aromatic heterocycles. The number of sulfonamides is 1. The Balaban J connectivity index is 1.79. The van der Waals surface area contributed by atoms with Gasteiger partial charge >= 0.3 is 0 Å². The van der Waals surface area contributed by atoms with Gasteiger partial charge in [0.15, 0.2) is 6.29 Å². The third-order valence-electron chi connectivity index (χ3n) is 5.55. The number of nitrogens with zero attached hydrogens (tertiary/aromatic N) is 1. The number of ether oxygens (including phenoxy) is 1. The van der Waals surface area contributed by atoms with Crippen LogP contribution in [0.5, 0.6) is 0 Å². The highest BCUT2D eigenvalue weighted by Gasteiger charge is 2.53. The SMILES string of the molecule is CC1C(F)CCC(S(=O)(=O)N2CCCC2C2OC2O)C1C. The van der Waals surface area contributed by atoms with Crippen molar-refractivity contribution >= 4 is 10.0 Å². The molecule has 3 fully saturated rings. The molecule has 1 aliphatic carbocycles. The van der Waals surface area contributed by atoms with Gasteiger partial charge in [0.1, 0.15) is 12.3 Å². The fourth-order valence-corrected chi connectivity index (χ4v) is 6.48. The van der Waals surface area contributed by atoms with Gasteiger partial charge in [0.25, 0.3) is 0 Å². The third-order valence-corrected chi connectivity index (χ3v) is 8.09. The number of epoxide rings is 1. The van der Waals surface area contributed by atoms with Gasteiger partial charge in [-0.15, -0.1) is 0 Å². The van der Waals surface area contributed by atoms with Gasteiger partial charge in [-0.1, -0.05) is 13.8 Å². The maximum atomic E-state index is 13.8. The van der Waals surface area contributed by atoms with Crippen molar-refractivity contribution < 1.29 is 22.7 Å². The first kappa shape index (κ1) is 15.6. The van der Waals surface area contributed by atoms with E-state index in [-0.39, 0.29) is 24.0 Å². The van der Waals surface area contributed by atoms with E-state index in [1.165, 1.54) is 4.31 Å². The number of aliphatic hydroxyl groups excluding tert-OH is 1. The summed E-state index contributed by atoms with van der Waals surface area (Å²) in [6, 6.07) is -0.254. The minimum atomic E-state index is -3.47. The summed E-state index contributed by atoms with van der Waals surface area (Å²) in [6.07, 6.45) is 0.0935. The Bertz CT molecular complexity index is 491. The van der Waals surface area contributed by atoms with Gasteiger partial charge in [0.05, 0.1) is 11.3 Å². The van der Waals surface area contributed by atoms with Crippen LogP contribution in [0.15, 0.2) is 0 Å². The molecule has 7 unspecified atom stereocenters. The normalized spacial score (nSPS) is 48.5. The molecule has 0 bridgehead atoms. The molecule has 2 saturated heterocycles. The highest BCUT2D eigenvalue weighted by molar-refractivity contribution is 7.89. The molecule has 3 rings (SSSR count). The highest BCUT2D eigenvalue weighted by Crippen LogP contribution is 2.41. The second-order valence-corrected chi connectivity index (χ2v) is 8.81. The first-order valence-electron chi connectivity index (χ1n) is 7.82. The minimum Gasteiger partial charge on any atom is -0.366 e. The Labute approximate surface area is 125 Å². The Hall–Kier alpha value is -0.240. The molecule has 0 radical (unpaired) electrons. The average Bonchev–Trinajstić information content (AvgIpc) is 2.96. The van der Waals surface area contributed by atoms with Crippen LogP contribution in [0.25, 0.3) is 0 Å². The van der Waals surface area contributed by atoms with Crippen LogP contribution in [-0.4, -0.2) is 54.2 Å². The molecule has 5 nitrogen and oxygen atoms in total. The van der Waals surface area contributed by atoms with Crippen molar-refractivity contribution in [1.82, 2.24) is 4.31 Å². The summed E-state index contributed by atoms with van der Waals surface area (Å²) in [5.74, 6) is -0.424. The Kier molecular flexibility index (Phi) is 4.05. The second kappa shape index (κ2) is 5.44. The van der Waals surface area contributed by atoms with E-state index >= 15 is 0 Å². The van der Waals surface area contributed by atoms with Gasteiger partial charge in [0, 0.05) is 6.54 Å². The van der Waals surface area contributed by atoms with Crippen molar-refractivity contribution in [3.8, 4) is 0 Å². The molecule has 0 aromatic rings. The lowest BCUT2D eigenvalue weighted by Crippen LogP contribution is -2.49. The summed E-state index contributed by atoms with van der Waals surface area (Å²) in [7, 11) is -3.47. The quantitative estimate of drug-likeness (QED) is 0.795. The Morgan fingerprint density at radius 2 is 1.86 bits per heavy atom. The minimum absolute atomic E-state index is 0.190. The second-order valence-electron chi connectivity index (χ2n) is 6.71. The van der Waals surface area contributed by atoms with Gasteiger partial charge < -0.3 is 9.84 Å². The summed E-state index contributed by atoms with van der Waals surface area (Å²) in [5, 5.41) is 8.90. The lowest BCUT2D eigenvalue weighted by Gasteiger charge is -2.38. The first-order valence-corrected chi connectivity index (χ1v) is 9.32. The molecule has 7 atom stereocenters. The van der Waals surface area contributed by atoms with Gasteiger partial charge in [-0.05, 0) is 37.5 Å². The zero-order valence-electron chi connectivity index (χ0n) is 12.5. The van der Waals surface area contributed by atoms with E-state index in [1.807, 2.05) is 6.92 Å². The van der Waals surface area contributed by atoms with E-state index in [9.17, 15) is 17.9 Å². The predicted octanol–water partition coefficient (Wildman–Crippen LogP) is 1.27. The molecule has 7 heteroatoms. The summed E-state index contributed by atoms with van der Waals surface area (Å²) >= 11 is 0. The number of halogens is 1. The third kappa shape index (κ3) is 2.62. The zero-order valence-corrected chi connectivity index (χ0v) is 13.3. The molecule has 2 aliphatic heterocycles. The smallest absolute Gasteiger partial charge is 0.217 e. The summed E-state index contributed by atoms with van der Waals surface area (Å²) in [5.41, 5.74) is 0. The molecule has 2 heterocycles. The van der Waals surface area contributed by atoms with E-state index in [0.29, 0.717) is 19.4 Å². The van der Waals surface area contributed by atoms with Crippen molar-refractivity contribution in [1.29, 1.82) is 0 Å². The number of aliphatic hydroxyl groups is 1. The van der Waals surface area contributed by atoms with E-state index in [0.717, 1.165) is 12.8 Å². The van der Waals surface area contributed by atoms with Crippen LogP contribution in [0, 0.1) is 11.8 Å². The molecule has 21 heavy (non-hydrogen) atoms. The highest BCUT2D eigenvalue weighted by atomic mass is 32.2. The van der Waals surface area contributed by atoms with Crippen molar-refractivity contribution in [2.24, 2.45) is 11.8 Å². The molecule has 0 spiro atoms. The molecule has 1 saturated carbocycles. The van der Waals surface area contributed by atoms with Crippen molar-refractivity contribution in [3.05, 3.63) is 0 Å². The van der Waals surface area contributed by atoms with Gasteiger partial charge in [-0.3, -0.25) is 0 Å². The van der Waals surface area contributed by atoms with Crippen LogP contribution in [0.3, 0.4) is 0 Å². The zero-order chi connectivity index (χ0) is 15.4. The Morgan fingerprint density at radius 3 is 2.48 bits per heavy atom. The first-order chi connectivity index (χ1) is 9.84. The number of hydrogen-bond donors (Lipinski definition) is 1. The molecule has 0 amide bonds. The van der Waals surface area contributed by atoms with Crippen LogP contribution in [0.4, 0.5) is 4.39 Å². The topological polar surface area (TPSA) is 70.1 Å². The largest absolute Gasteiger partial charge is 0.366 e. The fourth-order valence-electron chi connectivity index (χ4n) is 3.92. The monoisotopic (exact) mass is 321 g/mol. The van der Waals surface area contributed by atoms with E-state index in [2.05, 4.69) is 0 Å². The number of rotatable bonds is 3. The van der Waals surface area contributed by atoms with Crippen molar-refractivity contribution in [3.63, 3.8) is 0 Å². The summed E-state index contributed by atoms with van der Waals surface area (Å²) in [6.45, 7) is 4.12. The lowest BCUT2D eigenvalue weighted by atomic mass is 9.80. The van der Waals surface area contributed by atoms with E-state index in [4.69, 9.17) is 4.74 Å². The van der Waals surface area contributed by atoms with Crippen LogP contribution in [-0.2, 0) is 14.8 Å². The van der Waals surface area contributed by atoms with Gasteiger partial charge in [-0.25, -0.2) is 12.8 Å². The summed E-state index contributed by atoms with van der Waals surface area (Å²) in [4.78, 5) is 0. The van der Waals surface area contributed by atoms with Crippen LogP contribution in [0.2, 0.25) is 0 Å². The molecule has 3 aliphatic rings. The predicted molar refractivity (Wildman–Crippen MR) is 75.8 cm³/mol. The van der Waals surface area contributed by atoms with Crippen molar-refractivity contribution in [2.75, 3.05) is 6.54 Å². The van der Waals surface area contributed by atoms with Crippen molar-refractivity contribution in [2.45, 2.75) is 69.4 Å². The fraction of sp³-hybridized carbons (Fsp3) is 1.00. The standard InChI is InChI=1S/C14H24FNO4S/c1-8-9(2)12(6-5-10(8)15)21(18,19)16-7-3-4-11(16)13-14(17)20-13/h8-14,17H,3-7H2,1-2H3. The average molecular weight is 321 g/mol. The van der Waals surface area contributed by atoms with Crippen LogP contribution >= 0.6 is 0 Å². The maximum Gasteiger partial charge on any atom is 0.217 e. The molecule has 1 N–H and O–H groups in total. The number of alkyl halides is 1. The summed E-state index contributed by atoms with van der Waals surface area (Å²) < 4.78 is 46.3. The van der Waals surface area contributed by atoms with Crippen LogP contribution in [0.1, 0.15) is 39.5 Å². The molecular formula is C14H24FNO4S.